The lowest BCUT2D eigenvalue weighted by molar-refractivity contribution is 0.102. The summed E-state index contributed by atoms with van der Waals surface area (Å²) in [5.74, 6) is -0.553. The van der Waals surface area contributed by atoms with Gasteiger partial charge in [0, 0.05) is 5.02 Å². The molecule has 0 aliphatic carbocycles. The van der Waals surface area contributed by atoms with Crippen molar-refractivity contribution in [2.45, 2.75) is 0 Å². The van der Waals surface area contributed by atoms with Gasteiger partial charge in [-0.2, -0.15) is 4.98 Å². The average molecular weight is 307 g/mol. The SMILES string of the molecule is O=C(Nc1n[nH]c(-c2ccco2)n1)c1cc(Cl)ccc1F. The number of furan rings is 1. The molecular formula is C13H8ClFN4O2. The molecule has 1 aromatic carbocycles. The maximum atomic E-state index is 13.6. The molecule has 21 heavy (non-hydrogen) atoms. The summed E-state index contributed by atoms with van der Waals surface area (Å²) in [5, 5.41) is 9.04. The number of carbonyl (C=O) groups is 1. The molecule has 0 aliphatic rings. The van der Waals surface area contributed by atoms with Gasteiger partial charge in [0.2, 0.25) is 5.95 Å². The largest absolute Gasteiger partial charge is 0.461 e. The molecule has 106 valence electrons. The van der Waals surface area contributed by atoms with E-state index in [0.29, 0.717) is 11.6 Å². The molecule has 0 saturated carbocycles. The van der Waals surface area contributed by atoms with Gasteiger partial charge in [0.05, 0.1) is 11.8 Å². The number of halogens is 2. The van der Waals surface area contributed by atoms with Gasteiger partial charge in [-0.05, 0) is 30.3 Å². The molecule has 3 aromatic rings. The van der Waals surface area contributed by atoms with Crippen LogP contribution in [-0.4, -0.2) is 21.1 Å². The van der Waals surface area contributed by atoms with Crippen molar-refractivity contribution in [3.8, 4) is 11.6 Å². The smallest absolute Gasteiger partial charge is 0.261 e. The van der Waals surface area contributed by atoms with Crippen molar-refractivity contribution in [3.05, 3.63) is 53.0 Å². The van der Waals surface area contributed by atoms with E-state index in [1.807, 2.05) is 0 Å². The Balaban J connectivity index is 1.80. The molecule has 2 N–H and O–H groups in total. The molecule has 0 unspecified atom stereocenters. The number of H-pyrrole nitrogens is 1. The lowest BCUT2D eigenvalue weighted by Gasteiger charge is -2.02. The summed E-state index contributed by atoms with van der Waals surface area (Å²) in [6.45, 7) is 0. The van der Waals surface area contributed by atoms with Gasteiger partial charge in [0.1, 0.15) is 5.82 Å². The number of carbonyl (C=O) groups excluding carboxylic acids is 1. The van der Waals surface area contributed by atoms with E-state index in [-0.39, 0.29) is 16.5 Å². The van der Waals surface area contributed by atoms with E-state index in [2.05, 4.69) is 20.5 Å². The van der Waals surface area contributed by atoms with Gasteiger partial charge in [-0.25, -0.2) is 4.39 Å². The first-order valence-electron chi connectivity index (χ1n) is 5.86. The van der Waals surface area contributed by atoms with Crippen LogP contribution in [0.2, 0.25) is 5.02 Å². The summed E-state index contributed by atoms with van der Waals surface area (Å²) < 4.78 is 18.7. The number of nitrogens with one attached hydrogen (secondary N) is 2. The van der Waals surface area contributed by atoms with Crippen LogP contribution in [0.4, 0.5) is 10.3 Å². The van der Waals surface area contributed by atoms with Gasteiger partial charge >= 0.3 is 0 Å². The highest BCUT2D eigenvalue weighted by atomic mass is 35.5. The zero-order chi connectivity index (χ0) is 14.8. The third-order valence-electron chi connectivity index (χ3n) is 2.64. The predicted molar refractivity (Wildman–Crippen MR) is 73.4 cm³/mol. The van der Waals surface area contributed by atoms with Crippen molar-refractivity contribution in [1.29, 1.82) is 0 Å². The van der Waals surface area contributed by atoms with E-state index >= 15 is 0 Å². The Bertz CT molecular complexity index is 785. The van der Waals surface area contributed by atoms with Crippen molar-refractivity contribution in [3.63, 3.8) is 0 Å². The first kappa shape index (κ1) is 13.3. The molecule has 6 nitrogen and oxygen atoms in total. The zero-order valence-corrected chi connectivity index (χ0v) is 11.2. The summed E-state index contributed by atoms with van der Waals surface area (Å²) in [6, 6.07) is 7.07. The monoisotopic (exact) mass is 306 g/mol. The van der Waals surface area contributed by atoms with Crippen molar-refractivity contribution in [1.82, 2.24) is 15.2 Å². The molecule has 0 aliphatic heterocycles. The molecule has 2 heterocycles. The molecule has 2 aromatic heterocycles. The van der Waals surface area contributed by atoms with Crippen LogP contribution in [-0.2, 0) is 0 Å². The standard InChI is InChI=1S/C13H8ClFN4O2/c14-7-3-4-9(15)8(6-7)12(20)17-13-16-11(18-19-13)10-2-1-5-21-10/h1-6H,(H2,16,17,18,19,20). The van der Waals surface area contributed by atoms with Gasteiger partial charge in [0.15, 0.2) is 11.6 Å². The lowest BCUT2D eigenvalue weighted by Crippen LogP contribution is -2.14. The number of nitrogens with zero attached hydrogens (tertiary/aromatic N) is 2. The molecule has 0 atom stereocenters. The highest BCUT2D eigenvalue weighted by Crippen LogP contribution is 2.18. The van der Waals surface area contributed by atoms with Crippen LogP contribution < -0.4 is 5.32 Å². The van der Waals surface area contributed by atoms with E-state index in [0.717, 1.165) is 6.07 Å². The summed E-state index contributed by atoms with van der Waals surface area (Å²) in [5.41, 5.74) is -0.188. The summed E-state index contributed by atoms with van der Waals surface area (Å²) in [6.07, 6.45) is 1.48. The zero-order valence-electron chi connectivity index (χ0n) is 10.4. The third-order valence-corrected chi connectivity index (χ3v) is 2.87. The number of hydrogen-bond donors (Lipinski definition) is 2. The maximum absolute atomic E-state index is 13.6. The van der Waals surface area contributed by atoms with Crippen LogP contribution in [0.15, 0.2) is 41.0 Å². The minimum atomic E-state index is -0.694. The molecule has 0 saturated heterocycles. The second kappa shape index (κ2) is 5.37. The molecule has 0 fully saturated rings. The van der Waals surface area contributed by atoms with Crippen molar-refractivity contribution >= 4 is 23.5 Å². The first-order chi connectivity index (χ1) is 10.1. The van der Waals surface area contributed by atoms with Gasteiger partial charge < -0.3 is 4.42 Å². The van der Waals surface area contributed by atoms with Gasteiger partial charge in [-0.1, -0.05) is 11.6 Å². The maximum Gasteiger partial charge on any atom is 0.261 e. The van der Waals surface area contributed by atoms with Gasteiger partial charge in [-0.3, -0.25) is 15.2 Å². The van der Waals surface area contributed by atoms with Crippen LogP contribution in [0, 0.1) is 5.82 Å². The minimum Gasteiger partial charge on any atom is -0.461 e. The van der Waals surface area contributed by atoms with E-state index in [1.54, 1.807) is 12.1 Å². The van der Waals surface area contributed by atoms with Crippen molar-refractivity contribution in [2.75, 3.05) is 5.32 Å². The number of aromatic nitrogens is 3. The summed E-state index contributed by atoms with van der Waals surface area (Å²) in [4.78, 5) is 16.0. The highest BCUT2D eigenvalue weighted by Gasteiger charge is 2.15. The Morgan fingerprint density at radius 2 is 2.24 bits per heavy atom. The Morgan fingerprint density at radius 3 is 3.00 bits per heavy atom. The quantitative estimate of drug-likeness (QED) is 0.778. The molecule has 0 radical (unpaired) electrons. The fourth-order valence-electron chi connectivity index (χ4n) is 1.68. The molecule has 1 amide bonds. The number of anilines is 1. The lowest BCUT2D eigenvalue weighted by atomic mass is 10.2. The molecule has 3 rings (SSSR count). The number of aromatic amines is 1. The van der Waals surface area contributed by atoms with Crippen LogP contribution in [0.3, 0.4) is 0 Å². The second-order valence-electron chi connectivity index (χ2n) is 4.06. The number of amides is 1. The molecule has 0 spiro atoms. The normalized spacial score (nSPS) is 10.6. The average Bonchev–Trinajstić information content (AvgIpc) is 3.11. The van der Waals surface area contributed by atoms with E-state index in [1.165, 1.54) is 18.4 Å². The molecule has 8 heteroatoms. The fourth-order valence-corrected chi connectivity index (χ4v) is 1.85. The fraction of sp³-hybridized carbons (Fsp3) is 0. The second-order valence-corrected chi connectivity index (χ2v) is 4.50. The Kier molecular flexibility index (Phi) is 3.41. The molecule has 0 bridgehead atoms. The number of rotatable bonds is 3. The minimum absolute atomic E-state index is 0.00535. The van der Waals surface area contributed by atoms with Crippen LogP contribution in [0.1, 0.15) is 10.4 Å². The Hall–Kier alpha value is -2.67. The van der Waals surface area contributed by atoms with E-state index in [9.17, 15) is 9.18 Å². The number of hydrogen-bond acceptors (Lipinski definition) is 4. The van der Waals surface area contributed by atoms with Crippen LogP contribution in [0.5, 0.6) is 0 Å². The van der Waals surface area contributed by atoms with Crippen LogP contribution >= 0.6 is 11.6 Å². The van der Waals surface area contributed by atoms with Crippen molar-refractivity contribution < 1.29 is 13.6 Å². The third kappa shape index (κ3) is 2.77. The Labute approximate surface area is 123 Å². The Morgan fingerprint density at radius 1 is 1.38 bits per heavy atom. The van der Waals surface area contributed by atoms with Gasteiger partial charge in [0.25, 0.3) is 5.91 Å². The highest BCUT2D eigenvalue weighted by molar-refractivity contribution is 6.31. The predicted octanol–water partition coefficient (Wildman–Crippen LogP) is 3.11. The van der Waals surface area contributed by atoms with Crippen LogP contribution in [0.25, 0.3) is 11.6 Å². The van der Waals surface area contributed by atoms with Gasteiger partial charge in [-0.15, -0.1) is 5.10 Å². The van der Waals surface area contributed by atoms with E-state index in [4.69, 9.17) is 16.0 Å². The van der Waals surface area contributed by atoms with E-state index < -0.39 is 11.7 Å². The number of benzene rings is 1. The molecular weight excluding hydrogens is 299 g/mol. The van der Waals surface area contributed by atoms with Crippen molar-refractivity contribution in [2.24, 2.45) is 0 Å². The first-order valence-corrected chi connectivity index (χ1v) is 6.24. The summed E-state index contributed by atoms with van der Waals surface area (Å²) >= 11 is 5.74. The summed E-state index contributed by atoms with van der Waals surface area (Å²) in [7, 11) is 0. The topological polar surface area (TPSA) is 83.8 Å².